The van der Waals surface area contributed by atoms with Crippen molar-refractivity contribution in [2.24, 2.45) is 0 Å². The van der Waals surface area contributed by atoms with Gasteiger partial charge in [0.1, 0.15) is 9.77 Å². The fourth-order valence-electron chi connectivity index (χ4n) is 0.608. The molecule has 1 aromatic rings. The van der Waals surface area contributed by atoms with Crippen LogP contribution in [0.3, 0.4) is 0 Å². The number of hydrogen-bond acceptors (Lipinski definition) is 2. The maximum Gasteiger partial charge on any atom is 0.119 e. The average molecular weight is 244 g/mol. The predicted molar refractivity (Wildman–Crippen MR) is 46.4 cm³/mol. The zero-order chi connectivity index (χ0) is 7.56. The normalized spacial score (nSPS) is 8.90. The van der Waals surface area contributed by atoms with Crippen LogP contribution >= 0.6 is 22.6 Å². The van der Waals surface area contributed by atoms with Gasteiger partial charge in [-0.25, -0.2) is 4.98 Å². The van der Waals surface area contributed by atoms with Gasteiger partial charge >= 0.3 is 0 Å². The van der Waals surface area contributed by atoms with Crippen molar-refractivity contribution in [2.45, 2.75) is 6.92 Å². The lowest BCUT2D eigenvalue weighted by Gasteiger charge is -1.93. The maximum atomic E-state index is 8.51. The lowest BCUT2D eigenvalue weighted by molar-refractivity contribution is 1.15. The van der Waals surface area contributed by atoms with Gasteiger partial charge in [0.25, 0.3) is 0 Å². The second-order valence-electron chi connectivity index (χ2n) is 1.90. The van der Waals surface area contributed by atoms with E-state index in [1.54, 1.807) is 6.07 Å². The SMILES string of the molecule is Cc1ccc(C#N)c(I)n1. The molecule has 1 rings (SSSR count). The number of halogens is 1. The Morgan fingerprint density at radius 1 is 1.60 bits per heavy atom. The quantitative estimate of drug-likeness (QED) is 0.516. The number of nitrogens with zero attached hydrogens (tertiary/aromatic N) is 2. The molecule has 1 heterocycles. The monoisotopic (exact) mass is 244 g/mol. The van der Waals surface area contributed by atoms with E-state index in [1.807, 2.05) is 13.0 Å². The molecule has 0 saturated carbocycles. The lowest BCUT2D eigenvalue weighted by Crippen LogP contribution is -1.88. The number of rotatable bonds is 0. The first kappa shape index (κ1) is 7.48. The molecule has 10 heavy (non-hydrogen) atoms. The minimum Gasteiger partial charge on any atom is -0.246 e. The van der Waals surface area contributed by atoms with Crippen LogP contribution in [0.15, 0.2) is 12.1 Å². The molecule has 0 spiro atoms. The minimum atomic E-state index is 0.645. The van der Waals surface area contributed by atoms with Crippen LogP contribution in [-0.4, -0.2) is 4.98 Å². The first-order valence-electron chi connectivity index (χ1n) is 2.77. The summed E-state index contributed by atoms with van der Waals surface area (Å²) in [6.45, 7) is 1.91. The van der Waals surface area contributed by atoms with Crippen molar-refractivity contribution in [3.63, 3.8) is 0 Å². The molecule has 0 atom stereocenters. The van der Waals surface area contributed by atoms with Gasteiger partial charge in [-0.15, -0.1) is 0 Å². The summed E-state index contributed by atoms with van der Waals surface area (Å²) in [6.07, 6.45) is 0. The van der Waals surface area contributed by atoms with Crippen molar-refractivity contribution in [1.29, 1.82) is 5.26 Å². The van der Waals surface area contributed by atoms with E-state index >= 15 is 0 Å². The molecular formula is C7H5IN2. The molecular weight excluding hydrogens is 239 g/mol. The van der Waals surface area contributed by atoms with Gasteiger partial charge in [0.2, 0.25) is 0 Å². The van der Waals surface area contributed by atoms with Crippen LogP contribution in [0.1, 0.15) is 11.3 Å². The van der Waals surface area contributed by atoms with Crippen LogP contribution in [0.2, 0.25) is 0 Å². The summed E-state index contributed by atoms with van der Waals surface area (Å²) in [4.78, 5) is 4.11. The van der Waals surface area contributed by atoms with Gasteiger partial charge in [-0.3, -0.25) is 0 Å². The largest absolute Gasteiger partial charge is 0.246 e. The van der Waals surface area contributed by atoms with E-state index in [9.17, 15) is 0 Å². The molecule has 0 aliphatic carbocycles. The number of hydrogen-bond donors (Lipinski definition) is 0. The van der Waals surface area contributed by atoms with Gasteiger partial charge in [0.05, 0.1) is 5.56 Å². The van der Waals surface area contributed by atoms with E-state index in [0.29, 0.717) is 5.56 Å². The van der Waals surface area contributed by atoms with Gasteiger partial charge in [-0.1, -0.05) is 0 Å². The summed E-state index contributed by atoms with van der Waals surface area (Å²) < 4.78 is 0.778. The third-order valence-electron chi connectivity index (χ3n) is 1.11. The first-order chi connectivity index (χ1) is 4.74. The molecule has 50 valence electrons. The van der Waals surface area contributed by atoms with E-state index in [4.69, 9.17) is 5.26 Å². The third-order valence-corrected chi connectivity index (χ3v) is 1.93. The minimum absolute atomic E-state index is 0.645. The Balaban J connectivity index is 3.23. The van der Waals surface area contributed by atoms with Gasteiger partial charge < -0.3 is 0 Å². The molecule has 1 aromatic heterocycles. The Morgan fingerprint density at radius 3 is 2.80 bits per heavy atom. The van der Waals surface area contributed by atoms with Crippen molar-refractivity contribution in [1.82, 2.24) is 4.98 Å². The van der Waals surface area contributed by atoms with Crippen molar-refractivity contribution < 1.29 is 0 Å². The molecule has 0 aliphatic rings. The molecule has 0 radical (unpaired) electrons. The first-order valence-corrected chi connectivity index (χ1v) is 3.85. The Kier molecular flexibility index (Phi) is 2.22. The number of pyridine rings is 1. The molecule has 3 heteroatoms. The second-order valence-corrected chi connectivity index (χ2v) is 2.92. The molecule has 0 bridgehead atoms. The van der Waals surface area contributed by atoms with Crippen LogP contribution in [0.25, 0.3) is 0 Å². The summed E-state index contributed by atoms with van der Waals surface area (Å²) in [7, 11) is 0. The fourth-order valence-corrected chi connectivity index (χ4v) is 1.29. The van der Waals surface area contributed by atoms with Crippen LogP contribution in [0.5, 0.6) is 0 Å². The molecule has 0 aromatic carbocycles. The highest BCUT2D eigenvalue weighted by Crippen LogP contribution is 2.07. The van der Waals surface area contributed by atoms with Crippen LogP contribution < -0.4 is 0 Å². The number of aromatic nitrogens is 1. The molecule has 0 amide bonds. The van der Waals surface area contributed by atoms with Crippen molar-refractivity contribution in [3.05, 3.63) is 27.1 Å². The van der Waals surface area contributed by atoms with Crippen molar-refractivity contribution in [3.8, 4) is 6.07 Å². The predicted octanol–water partition coefficient (Wildman–Crippen LogP) is 1.87. The number of aryl methyl sites for hydroxylation is 1. The molecule has 0 fully saturated rings. The van der Waals surface area contributed by atoms with Crippen LogP contribution in [-0.2, 0) is 0 Å². The van der Waals surface area contributed by atoms with Gasteiger partial charge in [-0.05, 0) is 41.6 Å². The fraction of sp³-hybridized carbons (Fsp3) is 0.143. The van der Waals surface area contributed by atoms with Crippen molar-refractivity contribution in [2.75, 3.05) is 0 Å². The molecule has 0 aliphatic heterocycles. The average Bonchev–Trinajstić information content (AvgIpc) is 1.88. The second kappa shape index (κ2) is 2.97. The summed E-state index contributed by atoms with van der Waals surface area (Å²) in [6, 6.07) is 5.67. The van der Waals surface area contributed by atoms with Gasteiger partial charge in [0.15, 0.2) is 0 Å². The van der Waals surface area contributed by atoms with E-state index in [1.165, 1.54) is 0 Å². The standard InChI is InChI=1S/C7H5IN2/c1-5-2-3-6(4-9)7(8)10-5/h2-3H,1H3. The van der Waals surface area contributed by atoms with Gasteiger partial charge in [0, 0.05) is 5.69 Å². The molecule has 0 saturated heterocycles. The van der Waals surface area contributed by atoms with Crippen LogP contribution in [0, 0.1) is 22.0 Å². The van der Waals surface area contributed by atoms with E-state index in [0.717, 1.165) is 9.39 Å². The summed E-state index contributed by atoms with van der Waals surface area (Å²) >= 11 is 2.05. The van der Waals surface area contributed by atoms with E-state index in [2.05, 4.69) is 33.6 Å². The van der Waals surface area contributed by atoms with E-state index < -0.39 is 0 Å². The van der Waals surface area contributed by atoms with Crippen LogP contribution in [0.4, 0.5) is 0 Å². The Labute approximate surface area is 73.0 Å². The van der Waals surface area contributed by atoms with Gasteiger partial charge in [-0.2, -0.15) is 5.26 Å². The summed E-state index contributed by atoms with van der Waals surface area (Å²) in [5.74, 6) is 0. The highest BCUT2D eigenvalue weighted by molar-refractivity contribution is 14.1. The molecule has 2 nitrogen and oxygen atoms in total. The number of nitriles is 1. The summed E-state index contributed by atoms with van der Waals surface area (Å²) in [5, 5.41) is 8.51. The highest BCUT2D eigenvalue weighted by atomic mass is 127. The molecule has 0 N–H and O–H groups in total. The lowest BCUT2D eigenvalue weighted by atomic mass is 10.3. The maximum absolute atomic E-state index is 8.51. The summed E-state index contributed by atoms with van der Waals surface area (Å²) in [5.41, 5.74) is 1.59. The third kappa shape index (κ3) is 1.45. The molecule has 0 unspecified atom stereocenters. The smallest absolute Gasteiger partial charge is 0.119 e. The Morgan fingerprint density at radius 2 is 2.30 bits per heavy atom. The van der Waals surface area contributed by atoms with Crippen molar-refractivity contribution >= 4 is 22.6 Å². The van der Waals surface area contributed by atoms with E-state index in [-0.39, 0.29) is 0 Å². The zero-order valence-corrected chi connectivity index (χ0v) is 7.58. The topological polar surface area (TPSA) is 36.7 Å². The highest BCUT2D eigenvalue weighted by Gasteiger charge is 1.97. The Bertz CT molecular complexity index is 288. The zero-order valence-electron chi connectivity index (χ0n) is 5.43. The Hall–Kier alpha value is -0.630.